The molecule has 0 aliphatic heterocycles. The van der Waals surface area contributed by atoms with Crippen molar-refractivity contribution in [2.75, 3.05) is 0 Å². The van der Waals surface area contributed by atoms with Crippen LogP contribution < -0.4 is 0 Å². The molecule has 1 heterocycles. The molecule has 1 aromatic heterocycles. The van der Waals surface area contributed by atoms with E-state index in [1.165, 1.54) is 12.1 Å². The summed E-state index contributed by atoms with van der Waals surface area (Å²) in [4.78, 5) is 0. The number of aromatic amines is 1. The summed E-state index contributed by atoms with van der Waals surface area (Å²) in [5.41, 5.74) is 1.43. The maximum atomic E-state index is 12.8. The first-order chi connectivity index (χ1) is 6.68. The monoisotopic (exact) mass is 319 g/mol. The molecule has 0 radical (unpaired) electrons. The van der Waals surface area contributed by atoms with Crippen molar-refractivity contribution in [1.82, 2.24) is 15.4 Å². The third-order valence-corrected chi connectivity index (χ3v) is 2.90. The molecule has 6 heteroatoms. The molecule has 0 atom stereocenters. The average molecular weight is 321 g/mol. The molecule has 0 spiro atoms. The Bertz CT molecular complexity index is 469. The van der Waals surface area contributed by atoms with Crippen LogP contribution in [0.4, 0.5) is 4.39 Å². The number of H-pyrrole nitrogens is 1. The highest BCUT2D eigenvalue weighted by molar-refractivity contribution is 9.11. The molecular weight excluding hydrogens is 317 g/mol. The summed E-state index contributed by atoms with van der Waals surface area (Å²) in [6, 6.07) is 4.40. The fourth-order valence-electron chi connectivity index (χ4n) is 1.07. The van der Waals surface area contributed by atoms with Crippen LogP contribution in [-0.4, -0.2) is 15.4 Å². The zero-order valence-electron chi connectivity index (χ0n) is 6.76. The van der Waals surface area contributed by atoms with Crippen LogP contribution in [0.3, 0.4) is 0 Å². The van der Waals surface area contributed by atoms with E-state index in [0.717, 1.165) is 5.56 Å². The Morgan fingerprint density at radius 3 is 2.57 bits per heavy atom. The first kappa shape index (κ1) is 9.79. The Hall–Kier alpha value is -0.750. The fraction of sp³-hybridized carbons (Fsp3) is 0. The van der Waals surface area contributed by atoms with E-state index < -0.39 is 0 Å². The Balaban J connectivity index is 2.58. The average Bonchev–Trinajstić information content (AvgIpc) is 2.52. The molecule has 0 saturated heterocycles. The van der Waals surface area contributed by atoms with Gasteiger partial charge < -0.3 is 0 Å². The van der Waals surface area contributed by atoms with Crippen LogP contribution in [0.5, 0.6) is 0 Å². The van der Waals surface area contributed by atoms with Gasteiger partial charge in [0.05, 0.1) is 0 Å². The van der Waals surface area contributed by atoms with Gasteiger partial charge in [0.2, 0.25) is 0 Å². The predicted molar refractivity (Wildman–Crippen MR) is 57.2 cm³/mol. The van der Waals surface area contributed by atoms with E-state index in [0.29, 0.717) is 14.8 Å². The highest BCUT2D eigenvalue weighted by Crippen LogP contribution is 2.30. The molecule has 14 heavy (non-hydrogen) atoms. The Labute approximate surface area is 96.0 Å². The zero-order chi connectivity index (χ0) is 10.1. The predicted octanol–water partition coefficient (Wildman–Crippen LogP) is 3.14. The molecule has 1 aromatic carbocycles. The quantitative estimate of drug-likeness (QED) is 0.877. The van der Waals surface area contributed by atoms with Crippen molar-refractivity contribution in [3.63, 3.8) is 0 Å². The summed E-state index contributed by atoms with van der Waals surface area (Å²) in [6.45, 7) is 0. The topological polar surface area (TPSA) is 41.6 Å². The third-order valence-electron chi connectivity index (χ3n) is 1.69. The van der Waals surface area contributed by atoms with Gasteiger partial charge in [-0.15, -0.1) is 5.10 Å². The van der Waals surface area contributed by atoms with Crippen LogP contribution in [-0.2, 0) is 0 Å². The minimum absolute atomic E-state index is 0.291. The van der Waals surface area contributed by atoms with Crippen molar-refractivity contribution in [3.05, 3.63) is 33.1 Å². The second-order valence-corrected chi connectivity index (χ2v) is 4.19. The van der Waals surface area contributed by atoms with Crippen LogP contribution in [0.25, 0.3) is 11.3 Å². The minimum Gasteiger partial charge on any atom is -0.207 e. The number of halogens is 3. The van der Waals surface area contributed by atoms with Crippen molar-refractivity contribution >= 4 is 31.9 Å². The van der Waals surface area contributed by atoms with Gasteiger partial charge in [-0.1, -0.05) is 0 Å². The second kappa shape index (κ2) is 3.78. The van der Waals surface area contributed by atoms with Crippen molar-refractivity contribution in [2.45, 2.75) is 0 Å². The lowest BCUT2D eigenvalue weighted by Crippen LogP contribution is -1.83. The molecule has 0 unspecified atom stereocenters. The molecule has 0 fully saturated rings. The first-order valence-electron chi connectivity index (χ1n) is 3.70. The summed E-state index contributed by atoms with van der Waals surface area (Å²) in [5.74, 6) is -0.291. The van der Waals surface area contributed by atoms with Crippen molar-refractivity contribution < 1.29 is 4.39 Å². The summed E-state index contributed by atoms with van der Waals surface area (Å²) < 4.78 is 14.1. The van der Waals surface area contributed by atoms with Gasteiger partial charge in [-0.3, -0.25) is 0 Å². The van der Waals surface area contributed by atoms with Crippen LogP contribution in [0.2, 0.25) is 0 Å². The largest absolute Gasteiger partial charge is 0.207 e. The molecule has 2 rings (SSSR count). The number of nitrogens with zero attached hydrogens (tertiary/aromatic N) is 2. The molecular formula is C8H4Br2FN3. The van der Waals surface area contributed by atoms with Crippen molar-refractivity contribution in [2.24, 2.45) is 0 Å². The Kier molecular flexibility index (Phi) is 2.64. The van der Waals surface area contributed by atoms with Gasteiger partial charge in [0.15, 0.2) is 4.60 Å². The zero-order valence-corrected chi connectivity index (χ0v) is 9.93. The lowest BCUT2D eigenvalue weighted by Gasteiger charge is -2.00. The SMILES string of the molecule is Fc1ccc(-c2n[nH]nc2Br)c(Br)c1. The Morgan fingerprint density at radius 2 is 2.00 bits per heavy atom. The third kappa shape index (κ3) is 1.72. The summed E-state index contributed by atoms with van der Waals surface area (Å²) in [6.07, 6.45) is 0. The highest BCUT2D eigenvalue weighted by atomic mass is 79.9. The highest BCUT2D eigenvalue weighted by Gasteiger charge is 2.11. The van der Waals surface area contributed by atoms with Crippen LogP contribution >= 0.6 is 31.9 Å². The van der Waals surface area contributed by atoms with E-state index >= 15 is 0 Å². The van der Waals surface area contributed by atoms with E-state index in [1.807, 2.05) is 0 Å². The summed E-state index contributed by atoms with van der Waals surface area (Å²) in [5, 5.41) is 10.2. The van der Waals surface area contributed by atoms with Gasteiger partial charge in [0.25, 0.3) is 0 Å². The van der Waals surface area contributed by atoms with Gasteiger partial charge in [0.1, 0.15) is 11.5 Å². The lowest BCUT2D eigenvalue weighted by molar-refractivity contribution is 0.627. The van der Waals surface area contributed by atoms with Crippen LogP contribution in [0.1, 0.15) is 0 Å². The van der Waals surface area contributed by atoms with Crippen LogP contribution in [0, 0.1) is 5.82 Å². The molecule has 3 nitrogen and oxygen atoms in total. The van der Waals surface area contributed by atoms with Crippen LogP contribution in [0.15, 0.2) is 27.3 Å². The number of rotatable bonds is 1. The van der Waals surface area contributed by atoms with Crippen molar-refractivity contribution in [1.29, 1.82) is 0 Å². The number of benzene rings is 1. The number of hydrogen-bond acceptors (Lipinski definition) is 2. The normalized spacial score (nSPS) is 10.5. The van der Waals surface area contributed by atoms with E-state index in [4.69, 9.17) is 0 Å². The maximum absolute atomic E-state index is 12.8. The lowest BCUT2D eigenvalue weighted by atomic mass is 10.2. The van der Waals surface area contributed by atoms with Gasteiger partial charge in [-0.25, -0.2) is 4.39 Å². The molecule has 0 aliphatic carbocycles. The molecule has 0 bridgehead atoms. The van der Waals surface area contributed by atoms with Gasteiger partial charge in [-0.2, -0.15) is 10.3 Å². The number of aromatic nitrogens is 3. The standard InChI is InChI=1S/C8H4Br2FN3/c9-6-3-4(11)1-2-5(6)7-8(10)13-14-12-7/h1-3H,(H,12,13,14). The molecule has 0 aliphatic rings. The van der Waals surface area contributed by atoms with E-state index in [2.05, 4.69) is 47.3 Å². The van der Waals surface area contributed by atoms with E-state index in [1.54, 1.807) is 6.07 Å². The smallest absolute Gasteiger partial charge is 0.156 e. The fourth-order valence-corrected chi connectivity index (χ4v) is 1.99. The Morgan fingerprint density at radius 1 is 1.21 bits per heavy atom. The second-order valence-electron chi connectivity index (χ2n) is 2.59. The molecule has 0 amide bonds. The van der Waals surface area contributed by atoms with E-state index in [-0.39, 0.29) is 5.82 Å². The van der Waals surface area contributed by atoms with Gasteiger partial charge in [-0.05, 0) is 50.1 Å². The summed E-state index contributed by atoms with van der Waals surface area (Å²) >= 11 is 6.50. The molecule has 72 valence electrons. The van der Waals surface area contributed by atoms with E-state index in [9.17, 15) is 4.39 Å². The molecule has 2 aromatic rings. The van der Waals surface area contributed by atoms with Gasteiger partial charge in [0, 0.05) is 10.0 Å². The molecule has 1 N–H and O–H groups in total. The molecule has 0 saturated carbocycles. The van der Waals surface area contributed by atoms with Gasteiger partial charge >= 0.3 is 0 Å². The number of nitrogens with one attached hydrogen (secondary N) is 1. The number of hydrogen-bond donors (Lipinski definition) is 1. The maximum Gasteiger partial charge on any atom is 0.156 e. The summed E-state index contributed by atoms with van der Waals surface area (Å²) in [7, 11) is 0. The minimum atomic E-state index is -0.291. The first-order valence-corrected chi connectivity index (χ1v) is 5.29. The van der Waals surface area contributed by atoms with Crippen molar-refractivity contribution in [3.8, 4) is 11.3 Å².